The van der Waals surface area contributed by atoms with Crippen molar-refractivity contribution in [2.75, 3.05) is 20.3 Å². The summed E-state index contributed by atoms with van der Waals surface area (Å²) in [6.07, 6.45) is 2.54. The Hall–Kier alpha value is -1.62. The van der Waals surface area contributed by atoms with Gasteiger partial charge in [-0.1, -0.05) is 6.58 Å². The van der Waals surface area contributed by atoms with E-state index in [4.69, 9.17) is 9.47 Å². The van der Waals surface area contributed by atoms with Crippen molar-refractivity contribution in [1.29, 1.82) is 0 Å². The van der Waals surface area contributed by atoms with Crippen LogP contribution in [0.25, 0.3) is 6.08 Å². The van der Waals surface area contributed by atoms with E-state index in [0.717, 1.165) is 17.7 Å². The largest absolute Gasteiger partial charge is 0.461 e. The van der Waals surface area contributed by atoms with Gasteiger partial charge in [-0.25, -0.2) is 4.79 Å². The minimum Gasteiger partial charge on any atom is -0.461 e. The van der Waals surface area contributed by atoms with Crippen LogP contribution in [0.5, 0.6) is 0 Å². The summed E-state index contributed by atoms with van der Waals surface area (Å²) < 4.78 is 11.7. The fourth-order valence-corrected chi connectivity index (χ4v) is 1.75. The first-order chi connectivity index (χ1) is 8.65. The molecular weight excluding hydrogens is 232 g/mol. The summed E-state index contributed by atoms with van der Waals surface area (Å²) in [5, 5.41) is 4.29. The molecular formula is C13H20N2O3. The van der Waals surface area contributed by atoms with Crippen LogP contribution in [0.2, 0.25) is 0 Å². The smallest absolute Gasteiger partial charge is 0.359 e. The minimum absolute atomic E-state index is 0.345. The number of hydrogen-bond donors (Lipinski definition) is 0. The number of esters is 1. The van der Waals surface area contributed by atoms with E-state index in [2.05, 4.69) is 11.7 Å². The molecule has 1 rings (SSSR count). The number of hydrogen-bond acceptors (Lipinski definition) is 4. The predicted octanol–water partition coefficient (Wildman–Crippen LogP) is 2.05. The van der Waals surface area contributed by atoms with Crippen LogP contribution in [0.4, 0.5) is 0 Å². The molecule has 1 aromatic rings. The number of aromatic nitrogens is 2. The maximum Gasteiger partial charge on any atom is 0.359 e. The molecule has 0 aliphatic rings. The summed E-state index contributed by atoms with van der Waals surface area (Å²) in [5.74, 6) is -0.386. The van der Waals surface area contributed by atoms with Gasteiger partial charge >= 0.3 is 5.97 Å². The number of carbonyl (C=O) groups excluding carboxylic acids is 1. The van der Waals surface area contributed by atoms with E-state index in [1.807, 2.05) is 6.92 Å². The van der Waals surface area contributed by atoms with E-state index in [-0.39, 0.29) is 5.97 Å². The van der Waals surface area contributed by atoms with Gasteiger partial charge < -0.3 is 9.47 Å². The third-order valence-corrected chi connectivity index (χ3v) is 2.62. The van der Waals surface area contributed by atoms with Gasteiger partial charge in [-0.2, -0.15) is 5.10 Å². The maximum atomic E-state index is 11.7. The van der Waals surface area contributed by atoms with Crippen LogP contribution in [-0.4, -0.2) is 36.1 Å². The molecule has 1 heterocycles. The molecule has 0 radical (unpaired) electrons. The third kappa shape index (κ3) is 3.20. The van der Waals surface area contributed by atoms with Gasteiger partial charge in [-0.15, -0.1) is 0 Å². The molecule has 0 aliphatic carbocycles. The lowest BCUT2D eigenvalue weighted by atomic mass is 10.2. The van der Waals surface area contributed by atoms with Crippen LogP contribution in [-0.2, 0) is 16.0 Å². The monoisotopic (exact) mass is 252 g/mol. The molecule has 5 heteroatoms. The van der Waals surface area contributed by atoms with Crippen LogP contribution in [0, 0.1) is 6.92 Å². The van der Waals surface area contributed by atoms with E-state index >= 15 is 0 Å². The first-order valence-electron chi connectivity index (χ1n) is 6.01. The van der Waals surface area contributed by atoms with Crippen LogP contribution in [0.3, 0.4) is 0 Å². The Morgan fingerprint density at radius 1 is 1.56 bits per heavy atom. The van der Waals surface area contributed by atoms with E-state index in [0.29, 0.717) is 25.5 Å². The highest BCUT2D eigenvalue weighted by molar-refractivity contribution is 5.89. The van der Waals surface area contributed by atoms with Gasteiger partial charge in [-0.05, 0) is 26.3 Å². The molecule has 0 bridgehead atoms. The van der Waals surface area contributed by atoms with Gasteiger partial charge in [0.2, 0.25) is 0 Å². The highest BCUT2D eigenvalue weighted by Crippen LogP contribution is 2.16. The van der Waals surface area contributed by atoms with Crippen molar-refractivity contribution < 1.29 is 14.3 Å². The first-order valence-corrected chi connectivity index (χ1v) is 6.01. The van der Waals surface area contributed by atoms with Gasteiger partial charge in [0.15, 0.2) is 5.69 Å². The third-order valence-electron chi connectivity index (χ3n) is 2.62. The second-order valence-electron chi connectivity index (χ2n) is 3.85. The molecule has 0 N–H and O–H groups in total. The molecule has 18 heavy (non-hydrogen) atoms. The maximum absolute atomic E-state index is 11.7. The number of methoxy groups -OCH3 is 1. The summed E-state index contributed by atoms with van der Waals surface area (Å²) in [7, 11) is 1.66. The van der Waals surface area contributed by atoms with Crippen molar-refractivity contribution in [3.05, 3.63) is 23.5 Å². The Kier molecular flexibility index (Phi) is 5.58. The SMILES string of the molecule is C=Cc1c(C)c(C(=O)OCC)nn1CCCOC. The van der Waals surface area contributed by atoms with Gasteiger partial charge in [0.05, 0.1) is 12.3 Å². The van der Waals surface area contributed by atoms with E-state index in [9.17, 15) is 4.79 Å². The van der Waals surface area contributed by atoms with E-state index < -0.39 is 0 Å². The predicted molar refractivity (Wildman–Crippen MR) is 69.5 cm³/mol. The molecule has 0 atom stereocenters. The lowest BCUT2D eigenvalue weighted by Crippen LogP contribution is -2.09. The molecule has 100 valence electrons. The fourth-order valence-electron chi connectivity index (χ4n) is 1.75. The van der Waals surface area contributed by atoms with Crippen LogP contribution >= 0.6 is 0 Å². The van der Waals surface area contributed by atoms with Crippen molar-refractivity contribution >= 4 is 12.0 Å². The molecule has 0 saturated heterocycles. The van der Waals surface area contributed by atoms with Crippen LogP contribution < -0.4 is 0 Å². The Morgan fingerprint density at radius 3 is 2.83 bits per heavy atom. The van der Waals surface area contributed by atoms with Crippen LogP contribution in [0.1, 0.15) is 35.1 Å². The lowest BCUT2D eigenvalue weighted by Gasteiger charge is -2.03. The van der Waals surface area contributed by atoms with Gasteiger partial charge in [0.25, 0.3) is 0 Å². The molecule has 0 unspecified atom stereocenters. The van der Waals surface area contributed by atoms with Crippen molar-refractivity contribution in [2.45, 2.75) is 26.8 Å². The summed E-state index contributed by atoms with van der Waals surface area (Å²) in [6, 6.07) is 0. The Bertz CT molecular complexity index is 424. The average molecular weight is 252 g/mol. The van der Waals surface area contributed by atoms with Crippen molar-refractivity contribution in [3.63, 3.8) is 0 Å². The second kappa shape index (κ2) is 6.96. The highest BCUT2D eigenvalue weighted by Gasteiger charge is 2.19. The number of rotatable bonds is 7. The second-order valence-corrected chi connectivity index (χ2v) is 3.85. The molecule has 1 aromatic heterocycles. The molecule has 0 aromatic carbocycles. The fraction of sp³-hybridized carbons (Fsp3) is 0.538. The normalized spacial score (nSPS) is 10.4. The highest BCUT2D eigenvalue weighted by atomic mass is 16.5. The number of ether oxygens (including phenoxy) is 2. The topological polar surface area (TPSA) is 53.3 Å². The summed E-state index contributed by atoms with van der Waals surface area (Å²) in [4.78, 5) is 11.7. The minimum atomic E-state index is -0.386. The lowest BCUT2D eigenvalue weighted by molar-refractivity contribution is 0.0517. The summed E-state index contributed by atoms with van der Waals surface area (Å²) in [6.45, 7) is 9.07. The summed E-state index contributed by atoms with van der Waals surface area (Å²) in [5.41, 5.74) is 2.03. The Labute approximate surface area is 107 Å². The molecule has 0 spiro atoms. The molecule has 0 fully saturated rings. The van der Waals surface area contributed by atoms with Crippen molar-refractivity contribution in [1.82, 2.24) is 9.78 Å². The number of nitrogens with zero attached hydrogens (tertiary/aromatic N) is 2. The van der Waals surface area contributed by atoms with E-state index in [1.165, 1.54) is 0 Å². The van der Waals surface area contributed by atoms with Gasteiger partial charge in [0, 0.05) is 25.8 Å². The molecule has 0 amide bonds. The van der Waals surface area contributed by atoms with Gasteiger partial charge in [0.1, 0.15) is 0 Å². The zero-order chi connectivity index (χ0) is 13.5. The molecule has 0 aliphatic heterocycles. The summed E-state index contributed by atoms with van der Waals surface area (Å²) >= 11 is 0. The number of aryl methyl sites for hydroxylation is 1. The van der Waals surface area contributed by atoms with Crippen molar-refractivity contribution in [3.8, 4) is 0 Å². The number of carbonyl (C=O) groups is 1. The quantitative estimate of drug-likeness (QED) is 0.550. The standard InChI is InChI=1S/C13H20N2O3/c1-5-11-10(3)12(13(16)18-6-2)14-15(11)8-7-9-17-4/h5H,1,6-9H2,2-4H3. The zero-order valence-corrected chi connectivity index (χ0v) is 11.2. The Morgan fingerprint density at radius 2 is 2.28 bits per heavy atom. The van der Waals surface area contributed by atoms with E-state index in [1.54, 1.807) is 24.8 Å². The Balaban J connectivity index is 2.93. The van der Waals surface area contributed by atoms with Gasteiger partial charge in [-0.3, -0.25) is 4.68 Å². The average Bonchev–Trinajstić information content (AvgIpc) is 2.66. The first kappa shape index (κ1) is 14.4. The van der Waals surface area contributed by atoms with Crippen molar-refractivity contribution in [2.24, 2.45) is 0 Å². The zero-order valence-electron chi connectivity index (χ0n) is 11.2. The molecule has 5 nitrogen and oxygen atoms in total. The van der Waals surface area contributed by atoms with Crippen LogP contribution in [0.15, 0.2) is 6.58 Å². The molecule has 0 saturated carbocycles.